The van der Waals surface area contributed by atoms with Crippen LogP contribution in [0.25, 0.3) is 0 Å². The van der Waals surface area contributed by atoms with Crippen LogP contribution in [0.5, 0.6) is 5.75 Å². The minimum atomic E-state index is -0.195. The molecule has 0 aliphatic rings. The van der Waals surface area contributed by atoms with Crippen LogP contribution in [0.1, 0.15) is 17.5 Å². The van der Waals surface area contributed by atoms with Gasteiger partial charge in [-0.15, -0.1) is 0 Å². The molecule has 1 aromatic carbocycles. The van der Waals surface area contributed by atoms with Crippen LogP contribution in [-0.2, 0) is 6.42 Å². The Morgan fingerprint density at radius 2 is 2.14 bits per heavy atom. The number of hydrogen-bond acceptors (Lipinski definition) is 2. The SMILES string of the molecule is COc1cc(C)c(F)c(CCCO)c1. The van der Waals surface area contributed by atoms with E-state index < -0.39 is 0 Å². The largest absolute Gasteiger partial charge is 0.497 e. The Morgan fingerprint density at radius 1 is 1.43 bits per heavy atom. The first-order chi connectivity index (χ1) is 6.69. The van der Waals surface area contributed by atoms with Crippen molar-refractivity contribution >= 4 is 0 Å². The van der Waals surface area contributed by atoms with Gasteiger partial charge in [0.05, 0.1) is 7.11 Å². The second kappa shape index (κ2) is 4.96. The molecule has 0 unspecified atom stereocenters. The Morgan fingerprint density at radius 3 is 2.71 bits per heavy atom. The van der Waals surface area contributed by atoms with E-state index in [0.29, 0.717) is 29.7 Å². The van der Waals surface area contributed by atoms with Crippen molar-refractivity contribution < 1.29 is 14.2 Å². The van der Waals surface area contributed by atoms with E-state index in [1.54, 1.807) is 26.2 Å². The molecule has 0 aliphatic carbocycles. The summed E-state index contributed by atoms with van der Waals surface area (Å²) < 4.78 is 18.5. The molecule has 0 radical (unpaired) electrons. The zero-order valence-electron chi connectivity index (χ0n) is 8.51. The number of rotatable bonds is 4. The number of aryl methyl sites for hydroxylation is 2. The molecular formula is C11H15FO2. The van der Waals surface area contributed by atoms with Crippen molar-refractivity contribution in [2.24, 2.45) is 0 Å². The highest BCUT2D eigenvalue weighted by molar-refractivity contribution is 5.35. The molecule has 1 aromatic rings. The number of aliphatic hydroxyl groups is 1. The topological polar surface area (TPSA) is 29.5 Å². The van der Waals surface area contributed by atoms with Gasteiger partial charge in [0.25, 0.3) is 0 Å². The zero-order valence-corrected chi connectivity index (χ0v) is 8.51. The predicted molar refractivity (Wildman–Crippen MR) is 53.1 cm³/mol. The quantitative estimate of drug-likeness (QED) is 0.802. The number of methoxy groups -OCH3 is 1. The van der Waals surface area contributed by atoms with Crippen molar-refractivity contribution in [3.8, 4) is 5.75 Å². The first kappa shape index (κ1) is 11.0. The van der Waals surface area contributed by atoms with Gasteiger partial charge in [0.1, 0.15) is 11.6 Å². The highest BCUT2D eigenvalue weighted by Crippen LogP contribution is 2.21. The van der Waals surface area contributed by atoms with Crippen molar-refractivity contribution in [2.75, 3.05) is 13.7 Å². The number of hydrogen-bond donors (Lipinski definition) is 1. The summed E-state index contributed by atoms with van der Waals surface area (Å²) in [5.41, 5.74) is 1.19. The van der Waals surface area contributed by atoms with Crippen molar-refractivity contribution in [1.29, 1.82) is 0 Å². The van der Waals surface area contributed by atoms with Gasteiger partial charge in [-0.3, -0.25) is 0 Å². The minimum absolute atomic E-state index is 0.0791. The second-order valence-corrected chi connectivity index (χ2v) is 3.24. The number of halogens is 1. The van der Waals surface area contributed by atoms with Crippen molar-refractivity contribution in [3.05, 3.63) is 29.1 Å². The molecule has 0 aromatic heterocycles. The lowest BCUT2D eigenvalue weighted by molar-refractivity contribution is 0.288. The molecule has 0 amide bonds. The lowest BCUT2D eigenvalue weighted by atomic mass is 10.1. The fraction of sp³-hybridized carbons (Fsp3) is 0.455. The summed E-state index contributed by atoms with van der Waals surface area (Å²) in [6, 6.07) is 3.34. The fourth-order valence-corrected chi connectivity index (χ4v) is 1.38. The molecule has 0 saturated carbocycles. The van der Waals surface area contributed by atoms with E-state index in [2.05, 4.69) is 0 Å². The Labute approximate surface area is 83.3 Å². The van der Waals surface area contributed by atoms with E-state index in [-0.39, 0.29) is 12.4 Å². The standard InChI is InChI=1S/C11H15FO2/c1-8-6-10(14-2)7-9(11(8)12)4-3-5-13/h6-7,13H,3-5H2,1-2H3. The van der Waals surface area contributed by atoms with Crippen molar-refractivity contribution in [1.82, 2.24) is 0 Å². The summed E-state index contributed by atoms with van der Waals surface area (Å²) >= 11 is 0. The van der Waals surface area contributed by atoms with Gasteiger partial charge in [-0.25, -0.2) is 4.39 Å². The Kier molecular flexibility index (Phi) is 3.89. The maximum absolute atomic E-state index is 13.5. The van der Waals surface area contributed by atoms with Crippen LogP contribution in [0.2, 0.25) is 0 Å². The average molecular weight is 198 g/mol. The van der Waals surface area contributed by atoms with Crippen LogP contribution in [0, 0.1) is 12.7 Å². The summed E-state index contributed by atoms with van der Waals surface area (Å²) in [4.78, 5) is 0. The van der Waals surface area contributed by atoms with E-state index in [4.69, 9.17) is 9.84 Å². The van der Waals surface area contributed by atoms with Crippen LogP contribution in [0.15, 0.2) is 12.1 Å². The van der Waals surface area contributed by atoms with Crippen LogP contribution < -0.4 is 4.74 Å². The monoisotopic (exact) mass is 198 g/mol. The molecule has 1 rings (SSSR count). The Hall–Kier alpha value is -1.09. The molecule has 0 heterocycles. The molecule has 0 fully saturated rings. The summed E-state index contributed by atoms with van der Waals surface area (Å²) in [5, 5.41) is 8.66. The molecule has 0 aliphatic heterocycles. The normalized spacial score (nSPS) is 10.3. The third kappa shape index (κ3) is 2.45. The molecule has 0 bridgehead atoms. The number of aliphatic hydroxyl groups excluding tert-OH is 1. The van der Waals surface area contributed by atoms with E-state index in [9.17, 15) is 4.39 Å². The van der Waals surface area contributed by atoms with Crippen molar-refractivity contribution in [2.45, 2.75) is 19.8 Å². The van der Waals surface area contributed by atoms with Crippen LogP contribution in [0.4, 0.5) is 4.39 Å². The Bertz CT molecular complexity index is 310. The molecular weight excluding hydrogens is 183 g/mol. The maximum atomic E-state index is 13.5. The lowest BCUT2D eigenvalue weighted by Gasteiger charge is -2.08. The summed E-state index contributed by atoms with van der Waals surface area (Å²) in [6.07, 6.45) is 1.11. The highest BCUT2D eigenvalue weighted by atomic mass is 19.1. The minimum Gasteiger partial charge on any atom is -0.497 e. The molecule has 1 N–H and O–H groups in total. The van der Waals surface area contributed by atoms with Crippen LogP contribution >= 0.6 is 0 Å². The summed E-state index contributed by atoms with van der Waals surface area (Å²) in [6.45, 7) is 1.79. The second-order valence-electron chi connectivity index (χ2n) is 3.24. The zero-order chi connectivity index (χ0) is 10.6. The lowest BCUT2D eigenvalue weighted by Crippen LogP contribution is -1.97. The van der Waals surface area contributed by atoms with Crippen LogP contribution in [-0.4, -0.2) is 18.8 Å². The Balaban J connectivity index is 2.95. The first-order valence-electron chi connectivity index (χ1n) is 4.63. The smallest absolute Gasteiger partial charge is 0.129 e. The third-order valence-corrected chi connectivity index (χ3v) is 2.14. The van der Waals surface area contributed by atoms with Crippen LogP contribution in [0.3, 0.4) is 0 Å². The van der Waals surface area contributed by atoms with Gasteiger partial charge < -0.3 is 9.84 Å². The first-order valence-corrected chi connectivity index (χ1v) is 4.63. The van der Waals surface area contributed by atoms with E-state index in [1.807, 2.05) is 0 Å². The molecule has 78 valence electrons. The van der Waals surface area contributed by atoms with Gasteiger partial charge >= 0.3 is 0 Å². The van der Waals surface area contributed by atoms with Gasteiger partial charge in [0.2, 0.25) is 0 Å². The number of benzene rings is 1. The fourth-order valence-electron chi connectivity index (χ4n) is 1.38. The summed E-state index contributed by atoms with van der Waals surface area (Å²) in [7, 11) is 1.56. The van der Waals surface area contributed by atoms with Gasteiger partial charge in [0.15, 0.2) is 0 Å². The molecule has 0 saturated heterocycles. The molecule has 2 nitrogen and oxygen atoms in total. The van der Waals surface area contributed by atoms with Crippen molar-refractivity contribution in [3.63, 3.8) is 0 Å². The highest BCUT2D eigenvalue weighted by Gasteiger charge is 2.07. The summed E-state index contributed by atoms with van der Waals surface area (Å²) in [5.74, 6) is 0.469. The number of ether oxygens (including phenoxy) is 1. The van der Waals surface area contributed by atoms with Gasteiger partial charge in [-0.05, 0) is 43.0 Å². The molecule has 0 atom stereocenters. The average Bonchev–Trinajstić information content (AvgIpc) is 2.20. The predicted octanol–water partition coefficient (Wildman–Crippen LogP) is 2.07. The van der Waals surface area contributed by atoms with Gasteiger partial charge in [-0.1, -0.05) is 0 Å². The molecule has 14 heavy (non-hydrogen) atoms. The van der Waals surface area contributed by atoms with E-state index in [0.717, 1.165) is 0 Å². The maximum Gasteiger partial charge on any atom is 0.129 e. The molecule has 0 spiro atoms. The van der Waals surface area contributed by atoms with E-state index in [1.165, 1.54) is 0 Å². The third-order valence-electron chi connectivity index (χ3n) is 2.14. The molecule has 3 heteroatoms. The van der Waals surface area contributed by atoms with Gasteiger partial charge in [0, 0.05) is 6.61 Å². The van der Waals surface area contributed by atoms with E-state index >= 15 is 0 Å². The van der Waals surface area contributed by atoms with Gasteiger partial charge in [-0.2, -0.15) is 0 Å².